The van der Waals surface area contributed by atoms with E-state index in [-0.39, 0.29) is 11.3 Å². The van der Waals surface area contributed by atoms with Crippen LogP contribution >= 0.6 is 23.2 Å². The largest absolute Gasteiger partial charge is 0.385 e. The Hall–Kier alpha value is -2.44. The number of carbonyl (C=O) groups excluding carboxylic acids is 1. The van der Waals surface area contributed by atoms with E-state index in [4.69, 9.17) is 23.2 Å². The van der Waals surface area contributed by atoms with E-state index >= 15 is 0 Å². The molecule has 0 aliphatic carbocycles. The van der Waals surface area contributed by atoms with Gasteiger partial charge in [-0.2, -0.15) is 0 Å². The third-order valence-corrected chi connectivity index (χ3v) is 9.19. The van der Waals surface area contributed by atoms with Gasteiger partial charge < -0.3 is 14.9 Å². The van der Waals surface area contributed by atoms with Crippen LogP contribution in [0.4, 0.5) is 0 Å². The first-order valence-electron chi connectivity index (χ1n) is 13.5. The second kappa shape index (κ2) is 11.7. The first-order chi connectivity index (χ1) is 18.4. The molecule has 0 saturated carbocycles. The molecular formula is C31H35Cl2N3O2. The lowest BCUT2D eigenvalue weighted by Crippen LogP contribution is -2.49. The van der Waals surface area contributed by atoms with Crippen molar-refractivity contribution in [1.82, 2.24) is 14.8 Å². The smallest absolute Gasteiger partial charge is 0.253 e. The van der Waals surface area contributed by atoms with Crippen LogP contribution in [0, 0.1) is 0 Å². The van der Waals surface area contributed by atoms with Gasteiger partial charge in [-0.1, -0.05) is 59.6 Å². The highest BCUT2D eigenvalue weighted by atomic mass is 35.5. The van der Waals surface area contributed by atoms with Crippen LogP contribution in [-0.4, -0.2) is 58.5 Å². The number of rotatable bonds is 7. The Kier molecular flexibility index (Phi) is 8.39. The van der Waals surface area contributed by atoms with Crippen LogP contribution in [0.1, 0.15) is 60.0 Å². The molecule has 1 unspecified atom stereocenters. The normalized spacial score (nSPS) is 21.8. The van der Waals surface area contributed by atoms with Gasteiger partial charge in [0.1, 0.15) is 0 Å². The summed E-state index contributed by atoms with van der Waals surface area (Å²) < 4.78 is 0. The average molecular weight is 553 g/mol. The molecule has 38 heavy (non-hydrogen) atoms. The summed E-state index contributed by atoms with van der Waals surface area (Å²) in [6.45, 7) is 4.11. The second-order valence-electron chi connectivity index (χ2n) is 10.8. The second-order valence-corrected chi connectivity index (χ2v) is 11.6. The van der Waals surface area contributed by atoms with Crippen LogP contribution in [0.15, 0.2) is 73.1 Å². The summed E-state index contributed by atoms with van der Waals surface area (Å²) in [5, 5.41) is 12.3. The van der Waals surface area contributed by atoms with Crippen LogP contribution < -0.4 is 0 Å². The number of piperidine rings is 2. The maximum absolute atomic E-state index is 13.4. The zero-order valence-electron chi connectivity index (χ0n) is 21.7. The number of pyridine rings is 1. The van der Waals surface area contributed by atoms with E-state index < -0.39 is 5.60 Å². The van der Waals surface area contributed by atoms with Gasteiger partial charge >= 0.3 is 0 Å². The number of amides is 1. The Bertz CT molecular complexity index is 1230. The van der Waals surface area contributed by atoms with Gasteiger partial charge in [0, 0.05) is 49.6 Å². The first kappa shape index (κ1) is 27.1. The minimum absolute atomic E-state index is 0.0489. The van der Waals surface area contributed by atoms with E-state index in [9.17, 15) is 9.90 Å². The number of benzene rings is 2. The van der Waals surface area contributed by atoms with Gasteiger partial charge in [-0.25, -0.2) is 0 Å². The molecule has 1 aromatic heterocycles. The summed E-state index contributed by atoms with van der Waals surface area (Å²) in [4.78, 5) is 21.9. The van der Waals surface area contributed by atoms with Crippen LogP contribution in [0.3, 0.4) is 0 Å². The number of aliphatic hydroxyl groups is 1. The van der Waals surface area contributed by atoms with Gasteiger partial charge in [0.05, 0.1) is 15.6 Å². The fourth-order valence-electron chi connectivity index (χ4n) is 6.22. The predicted molar refractivity (Wildman–Crippen MR) is 153 cm³/mol. The van der Waals surface area contributed by atoms with Crippen molar-refractivity contribution in [3.63, 3.8) is 0 Å². The molecule has 0 bridgehead atoms. The maximum Gasteiger partial charge on any atom is 0.253 e. The van der Waals surface area contributed by atoms with Crippen molar-refractivity contribution < 1.29 is 9.90 Å². The number of carbonyl (C=O) groups is 1. The summed E-state index contributed by atoms with van der Waals surface area (Å²) >= 11 is 12.7. The van der Waals surface area contributed by atoms with Crippen molar-refractivity contribution in [2.45, 2.75) is 49.5 Å². The number of halogens is 2. The lowest BCUT2D eigenvalue weighted by molar-refractivity contribution is -0.0265. The van der Waals surface area contributed by atoms with Gasteiger partial charge in [-0.15, -0.1) is 0 Å². The molecular weight excluding hydrogens is 517 g/mol. The van der Waals surface area contributed by atoms with Gasteiger partial charge in [0.15, 0.2) is 0 Å². The van der Waals surface area contributed by atoms with Crippen LogP contribution in [-0.2, 0) is 11.0 Å². The van der Waals surface area contributed by atoms with Crippen molar-refractivity contribution in [2.24, 2.45) is 0 Å². The molecule has 0 spiro atoms. The molecule has 200 valence electrons. The Balaban J connectivity index is 1.28. The molecule has 7 heteroatoms. The van der Waals surface area contributed by atoms with E-state index in [0.29, 0.717) is 22.2 Å². The molecule has 0 radical (unpaired) electrons. The Labute approximate surface area is 235 Å². The summed E-state index contributed by atoms with van der Waals surface area (Å²) in [7, 11) is 0. The zero-order valence-corrected chi connectivity index (χ0v) is 23.2. The third-order valence-electron chi connectivity index (χ3n) is 8.45. The topological polar surface area (TPSA) is 56.7 Å². The van der Waals surface area contributed by atoms with E-state index in [1.165, 1.54) is 0 Å². The van der Waals surface area contributed by atoms with Gasteiger partial charge in [0.2, 0.25) is 0 Å². The van der Waals surface area contributed by atoms with Crippen molar-refractivity contribution in [3.05, 3.63) is 99.8 Å². The van der Waals surface area contributed by atoms with Gasteiger partial charge in [0.25, 0.3) is 5.91 Å². The fourth-order valence-corrected chi connectivity index (χ4v) is 6.51. The van der Waals surface area contributed by atoms with Gasteiger partial charge in [-0.3, -0.25) is 9.78 Å². The fraction of sp³-hybridized carbons (Fsp3) is 0.419. The zero-order chi connectivity index (χ0) is 26.6. The number of nitrogens with zero attached hydrogens (tertiary/aromatic N) is 3. The number of hydrogen-bond donors (Lipinski definition) is 1. The standard InChI is InChI=1S/C31H35Cl2N3O2/c32-27-9-8-26(22-28(27)33)30(13-5-19-36(23-30)29(37)24-10-16-34-17-11-24)12-4-18-35-20-14-31(38,15-21-35)25-6-2-1-3-7-25/h1-3,6-11,16-17,22,38H,4-5,12-15,18-21,23H2. The van der Waals surface area contributed by atoms with Crippen molar-refractivity contribution in [3.8, 4) is 0 Å². The van der Waals surface area contributed by atoms with Crippen LogP contribution in [0.5, 0.6) is 0 Å². The Morgan fingerprint density at radius 3 is 2.34 bits per heavy atom. The highest BCUT2D eigenvalue weighted by molar-refractivity contribution is 6.42. The molecule has 2 aromatic carbocycles. The number of hydrogen-bond acceptors (Lipinski definition) is 4. The van der Waals surface area contributed by atoms with E-state index in [1.54, 1.807) is 24.5 Å². The molecule has 2 saturated heterocycles. The molecule has 5 nitrogen and oxygen atoms in total. The summed E-state index contributed by atoms with van der Waals surface area (Å²) in [6.07, 6.45) is 8.70. The minimum Gasteiger partial charge on any atom is -0.385 e. The monoisotopic (exact) mass is 551 g/mol. The summed E-state index contributed by atoms with van der Waals surface area (Å²) in [5.74, 6) is 0.0489. The average Bonchev–Trinajstić information content (AvgIpc) is 2.96. The predicted octanol–water partition coefficient (Wildman–Crippen LogP) is 6.33. The Morgan fingerprint density at radius 2 is 1.63 bits per heavy atom. The molecule has 2 aliphatic heterocycles. The van der Waals surface area contributed by atoms with Crippen LogP contribution in [0.2, 0.25) is 10.0 Å². The summed E-state index contributed by atoms with van der Waals surface area (Å²) in [6, 6.07) is 19.5. The van der Waals surface area contributed by atoms with E-state index in [1.807, 2.05) is 47.4 Å². The molecule has 2 aliphatic rings. The molecule has 1 N–H and O–H groups in total. The molecule has 3 aromatic rings. The summed E-state index contributed by atoms with van der Waals surface area (Å²) in [5.41, 5.74) is 1.91. The Morgan fingerprint density at radius 1 is 0.895 bits per heavy atom. The van der Waals surface area contributed by atoms with Crippen molar-refractivity contribution >= 4 is 29.1 Å². The SMILES string of the molecule is O=C(c1ccncc1)N1CCCC(CCCN2CCC(O)(c3ccccc3)CC2)(c2ccc(Cl)c(Cl)c2)C1. The van der Waals surface area contributed by atoms with Crippen LogP contribution in [0.25, 0.3) is 0 Å². The molecule has 3 heterocycles. The molecule has 2 fully saturated rings. The van der Waals surface area contributed by atoms with Crippen molar-refractivity contribution in [2.75, 3.05) is 32.7 Å². The quantitative estimate of drug-likeness (QED) is 0.373. The third kappa shape index (κ3) is 5.91. The van der Waals surface area contributed by atoms with E-state index in [0.717, 1.165) is 75.8 Å². The lowest BCUT2D eigenvalue weighted by atomic mass is 9.71. The number of likely N-dealkylation sites (tertiary alicyclic amines) is 2. The molecule has 1 amide bonds. The lowest BCUT2D eigenvalue weighted by Gasteiger charge is -2.44. The molecule has 5 rings (SSSR count). The number of aromatic nitrogens is 1. The maximum atomic E-state index is 13.4. The van der Waals surface area contributed by atoms with Gasteiger partial charge in [-0.05, 0) is 80.5 Å². The molecule has 1 atom stereocenters. The highest BCUT2D eigenvalue weighted by Crippen LogP contribution is 2.41. The highest BCUT2D eigenvalue weighted by Gasteiger charge is 2.39. The van der Waals surface area contributed by atoms with Crippen molar-refractivity contribution in [1.29, 1.82) is 0 Å². The minimum atomic E-state index is -0.740. The first-order valence-corrected chi connectivity index (χ1v) is 14.3. The van der Waals surface area contributed by atoms with E-state index in [2.05, 4.69) is 16.0 Å².